The van der Waals surface area contributed by atoms with Gasteiger partial charge in [-0.15, -0.1) is 10.2 Å². The molecule has 5 nitrogen and oxygen atoms in total. The maximum Gasteiger partial charge on any atom is 0.223 e. The number of aryl methyl sites for hydroxylation is 1. The zero-order valence-corrected chi connectivity index (χ0v) is 12.5. The molecule has 0 bridgehead atoms. The number of aromatic nitrogens is 4. The average molecular weight is 289 g/mol. The van der Waals surface area contributed by atoms with E-state index in [4.69, 9.17) is 0 Å². The molecule has 0 saturated heterocycles. The summed E-state index contributed by atoms with van der Waals surface area (Å²) in [6.07, 6.45) is 7.94. The van der Waals surface area contributed by atoms with E-state index in [1.807, 2.05) is 12.3 Å². The van der Waals surface area contributed by atoms with Crippen molar-refractivity contribution in [1.82, 2.24) is 20.2 Å². The molecule has 106 valence electrons. The Hall–Kier alpha value is -1.56. The lowest BCUT2D eigenvalue weighted by Gasteiger charge is -2.09. The minimum atomic E-state index is 0.617. The number of hydrogen-bond acceptors (Lipinski definition) is 6. The van der Waals surface area contributed by atoms with Gasteiger partial charge in [-0.2, -0.15) is 0 Å². The SMILES string of the molecule is CCc1nnc(CNc2nccc(C3CCCC3)n2)s1. The quantitative estimate of drug-likeness (QED) is 0.916. The first-order valence-corrected chi connectivity index (χ1v) is 8.05. The fourth-order valence-corrected chi connectivity index (χ4v) is 3.29. The summed E-state index contributed by atoms with van der Waals surface area (Å²) in [5, 5.41) is 13.6. The van der Waals surface area contributed by atoms with Crippen LogP contribution in [0.1, 0.15) is 54.2 Å². The Labute approximate surface area is 122 Å². The average Bonchev–Trinajstić information content (AvgIpc) is 3.17. The summed E-state index contributed by atoms with van der Waals surface area (Å²) in [5.74, 6) is 1.31. The van der Waals surface area contributed by atoms with Gasteiger partial charge in [-0.05, 0) is 25.3 Å². The Kier molecular flexibility index (Phi) is 4.20. The molecule has 1 saturated carbocycles. The molecule has 2 aromatic heterocycles. The van der Waals surface area contributed by atoms with Crippen LogP contribution in [-0.4, -0.2) is 20.2 Å². The lowest BCUT2D eigenvalue weighted by Crippen LogP contribution is -2.06. The standard InChI is InChI=1S/C14H19N5S/c1-2-12-18-19-13(20-12)9-16-14-15-8-7-11(17-14)10-5-3-4-6-10/h7-8,10H,2-6,9H2,1H3,(H,15,16,17). The molecular weight excluding hydrogens is 270 g/mol. The van der Waals surface area contributed by atoms with Crippen molar-refractivity contribution in [3.05, 3.63) is 28.0 Å². The van der Waals surface area contributed by atoms with Crippen LogP contribution in [0.5, 0.6) is 0 Å². The van der Waals surface area contributed by atoms with Crippen LogP contribution in [0.3, 0.4) is 0 Å². The van der Waals surface area contributed by atoms with Crippen LogP contribution in [0.2, 0.25) is 0 Å². The third-order valence-electron chi connectivity index (χ3n) is 3.66. The van der Waals surface area contributed by atoms with Gasteiger partial charge < -0.3 is 5.32 Å². The van der Waals surface area contributed by atoms with Crippen molar-refractivity contribution in [2.75, 3.05) is 5.32 Å². The van der Waals surface area contributed by atoms with E-state index in [9.17, 15) is 0 Å². The first-order chi connectivity index (χ1) is 9.85. The molecule has 0 amide bonds. The van der Waals surface area contributed by atoms with E-state index in [1.54, 1.807) is 11.3 Å². The second kappa shape index (κ2) is 6.26. The van der Waals surface area contributed by atoms with Gasteiger partial charge in [0.2, 0.25) is 5.95 Å². The third-order valence-corrected chi connectivity index (χ3v) is 4.73. The molecule has 20 heavy (non-hydrogen) atoms. The molecule has 0 unspecified atom stereocenters. The third kappa shape index (κ3) is 3.12. The van der Waals surface area contributed by atoms with Gasteiger partial charge >= 0.3 is 0 Å². The Morgan fingerprint density at radius 1 is 1.25 bits per heavy atom. The molecule has 2 heterocycles. The van der Waals surface area contributed by atoms with E-state index in [1.165, 1.54) is 31.4 Å². The van der Waals surface area contributed by atoms with Crippen molar-refractivity contribution in [2.45, 2.75) is 51.5 Å². The van der Waals surface area contributed by atoms with Crippen LogP contribution in [0.4, 0.5) is 5.95 Å². The van der Waals surface area contributed by atoms with E-state index < -0.39 is 0 Å². The van der Waals surface area contributed by atoms with Gasteiger partial charge in [0, 0.05) is 17.8 Å². The monoisotopic (exact) mass is 289 g/mol. The van der Waals surface area contributed by atoms with Crippen LogP contribution in [0, 0.1) is 0 Å². The second-order valence-corrected chi connectivity index (χ2v) is 6.23. The summed E-state index contributed by atoms with van der Waals surface area (Å²) in [7, 11) is 0. The molecule has 0 aromatic carbocycles. The molecule has 0 atom stereocenters. The molecule has 2 aromatic rings. The Morgan fingerprint density at radius 3 is 2.80 bits per heavy atom. The Balaban J connectivity index is 1.63. The van der Waals surface area contributed by atoms with Crippen molar-refractivity contribution < 1.29 is 0 Å². The molecule has 0 aliphatic heterocycles. The predicted octanol–water partition coefficient (Wildman–Crippen LogP) is 3.16. The Bertz CT molecular complexity index is 562. The highest BCUT2D eigenvalue weighted by atomic mass is 32.1. The summed E-state index contributed by atoms with van der Waals surface area (Å²) in [6, 6.07) is 2.04. The van der Waals surface area contributed by atoms with E-state index in [0.29, 0.717) is 18.4 Å². The van der Waals surface area contributed by atoms with E-state index in [0.717, 1.165) is 16.4 Å². The van der Waals surface area contributed by atoms with E-state index in [-0.39, 0.29) is 0 Å². The predicted molar refractivity (Wildman–Crippen MR) is 79.9 cm³/mol. The van der Waals surface area contributed by atoms with Gasteiger partial charge in [-0.25, -0.2) is 9.97 Å². The lowest BCUT2D eigenvalue weighted by atomic mass is 10.0. The van der Waals surface area contributed by atoms with Gasteiger partial charge in [-0.1, -0.05) is 31.1 Å². The molecule has 0 radical (unpaired) electrons. The molecule has 1 aliphatic rings. The lowest BCUT2D eigenvalue weighted by molar-refractivity contribution is 0.694. The van der Waals surface area contributed by atoms with Crippen molar-refractivity contribution in [3.63, 3.8) is 0 Å². The maximum atomic E-state index is 4.63. The summed E-state index contributed by atoms with van der Waals surface area (Å²) in [6.45, 7) is 2.73. The molecule has 1 aliphatic carbocycles. The van der Waals surface area contributed by atoms with Crippen LogP contribution >= 0.6 is 11.3 Å². The van der Waals surface area contributed by atoms with Crippen LogP contribution in [0.25, 0.3) is 0 Å². The first-order valence-electron chi connectivity index (χ1n) is 7.23. The van der Waals surface area contributed by atoms with Crippen molar-refractivity contribution >= 4 is 17.3 Å². The number of anilines is 1. The van der Waals surface area contributed by atoms with Crippen LogP contribution in [-0.2, 0) is 13.0 Å². The largest absolute Gasteiger partial charge is 0.348 e. The minimum Gasteiger partial charge on any atom is -0.348 e. The normalized spacial score (nSPS) is 15.7. The van der Waals surface area contributed by atoms with Gasteiger partial charge in [0.25, 0.3) is 0 Å². The highest BCUT2D eigenvalue weighted by Gasteiger charge is 2.18. The topological polar surface area (TPSA) is 63.6 Å². The molecule has 0 spiro atoms. The highest BCUT2D eigenvalue weighted by molar-refractivity contribution is 7.11. The number of hydrogen-bond donors (Lipinski definition) is 1. The summed E-state index contributed by atoms with van der Waals surface area (Å²) in [5.41, 5.74) is 1.17. The molecule has 3 rings (SSSR count). The van der Waals surface area contributed by atoms with E-state index >= 15 is 0 Å². The molecular formula is C14H19N5S. The summed E-state index contributed by atoms with van der Waals surface area (Å²) >= 11 is 1.64. The Morgan fingerprint density at radius 2 is 2.05 bits per heavy atom. The highest BCUT2D eigenvalue weighted by Crippen LogP contribution is 2.32. The zero-order valence-electron chi connectivity index (χ0n) is 11.7. The van der Waals surface area contributed by atoms with Gasteiger partial charge in [0.1, 0.15) is 10.0 Å². The van der Waals surface area contributed by atoms with E-state index in [2.05, 4.69) is 32.4 Å². The maximum absolute atomic E-state index is 4.63. The second-order valence-electron chi connectivity index (χ2n) is 5.08. The fraction of sp³-hybridized carbons (Fsp3) is 0.571. The fourth-order valence-electron chi connectivity index (χ4n) is 2.56. The van der Waals surface area contributed by atoms with Crippen molar-refractivity contribution in [3.8, 4) is 0 Å². The summed E-state index contributed by atoms with van der Waals surface area (Å²) in [4.78, 5) is 8.92. The van der Waals surface area contributed by atoms with Gasteiger partial charge in [0.15, 0.2) is 0 Å². The molecule has 1 fully saturated rings. The van der Waals surface area contributed by atoms with Crippen molar-refractivity contribution in [1.29, 1.82) is 0 Å². The number of nitrogens with zero attached hydrogens (tertiary/aromatic N) is 4. The van der Waals surface area contributed by atoms with Crippen LogP contribution < -0.4 is 5.32 Å². The van der Waals surface area contributed by atoms with Crippen LogP contribution in [0.15, 0.2) is 12.3 Å². The summed E-state index contributed by atoms with van der Waals surface area (Å²) < 4.78 is 0. The minimum absolute atomic E-state index is 0.617. The number of rotatable bonds is 5. The molecule has 6 heteroatoms. The number of nitrogens with one attached hydrogen (secondary N) is 1. The van der Waals surface area contributed by atoms with Crippen molar-refractivity contribution in [2.24, 2.45) is 0 Å². The molecule has 1 N–H and O–H groups in total. The van der Waals surface area contributed by atoms with Gasteiger partial charge in [-0.3, -0.25) is 0 Å². The smallest absolute Gasteiger partial charge is 0.223 e. The first kappa shape index (κ1) is 13.4. The van der Waals surface area contributed by atoms with Gasteiger partial charge in [0.05, 0.1) is 6.54 Å². The zero-order chi connectivity index (χ0) is 13.8.